The number of hydrogen-bond donors (Lipinski definition) is 0. The highest BCUT2D eigenvalue weighted by Crippen LogP contribution is 2.39. The minimum Gasteiger partial charge on any atom is -0.144 e. The second-order valence-corrected chi connectivity index (χ2v) is 9.61. The van der Waals surface area contributed by atoms with Gasteiger partial charge in [-0.3, -0.25) is 0 Å². The number of benzene rings is 1. The van der Waals surface area contributed by atoms with Crippen molar-refractivity contribution < 1.29 is 0 Å². The molecule has 0 aliphatic rings. The fourth-order valence-electron chi connectivity index (χ4n) is 3.31. The highest BCUT2D eigenvalue weighted by atomic mass is 32.1. The molecule has 0 nitrogen and oxygen atoms in total. The molecule has 2 heterocycles. The predicted octanol–water partition coefficient (Wildman–Crippen LogP) is 7.73. The molecule has 0 N–H and O–H groups in total. The Morgan fingerprint density at radius 1 is 0.375 bits per heavy atom. The van der Waals surface area contributed by atoms with Gasteiger partial charge in [0.2, 0.25) is 0 Å². The zero-order valence-corrected chi connectivity index (χ0v) is 18.4. The number of thiophene rings is 2. The van der Waals surface area contributed by atoms with Gasteiger partial charge >= 0.3 is 0 Å². The van der Waals surface area contributed by atoms with E-state index in [0.29, 0.717) is 0 Å². The van der Waals surface area contributed by atoms with Gasteiger partial charge in [0.1, 0.15) is 0 Å². The first-order valence-corrected chi connectivity index (χ1v) is 10.2. The summed E-state index contributed by atoms with van der Waals surface area (Å²) >= 11 is 3.86. The van der Waals surface area contributed by atoms with E-state index in [1.54, 1.807) is 0 Å². The van der Waals surface area contributed by atoms with E-state index in [1.165, 1.54) is 63.7 Å². The van der Waals surface area contributed by atoms with Crippen LogP contribution < -0.4 is 0 Å². The van der Waals surface area contributed by atoms with Crippen molar-refractivity contribution >= 4 is 32.8 Å². The van der Waals surface area contributed by atoms with E-state index in [-0.39, 0.29) is 0 Å². The third kappa shape index (κ3) is 3.19. The second-order valence-electron chi connectivity index (χ2n) is 6.95. The van der Waals surface area contributed by atoms with Crippen LogP contribution in [0.5, 0.6) is 0 Å². The molecule has 0 spiro atoms. The van der Waals surface area contributed by atoms with Gasteiger partial charge in [-0.15, -0.1) is 22.7 Å². The van der Waals surface area contributed by atoms with Crippen LogP contribution in [0.4, 0.5) is 0 Å². The van der Waals surface area contributed by atoms with Gasteiger partial charge in [0, 0.05) is 24.7 Å². The van der Waals surface area contributed by atoms with E-state index in [9.17, 15) is 0 Å². The summed E-state index contributed by atoms with van der Waals surface area (Å²) < 4.78 is 1.51. The molecule has 0 amide bonds. The summed E-state index contributed by atoms with van der Waals surface area (Å²) in [6, 6.07) is 0. The lowest BCUT2D eigenvalue weighted by molar-refractivity contribution is 1.13. The van der Waals surface area contributed by atoms with Crippen LogP contribution in [-0.4, -0.2) is 0 Å². The van der Waals surface area contributed by atoms with Crippen LogP contribution >= 0.6 is 22.7 Å². The molecule has 0 fully saturated rings. The van der Waals surface area contributed by atoms with Crippen LogP contribution in [0, 0.1) is 69.2 Å². The lowest BCUT2D eigenvalue weighted by Gasteiger charge is -2.15. The summed E-state index contributed by atoms with van der Waals surface area (Å²) in [5.74, 6) is 0. The van der Waals surface area contributed by atoms with Crippen LogP contribution in [0.3, 0.4) is 0 Å². The normalized spacial score (nSPS) is 10.9. The molecule has 0 saturated heterocycles. The molecule has 0 atom stereocenters. The molecule has 2 aromatic heterocycles. The first kappa shape index (κ1) is 19.2. The Labute approximate surface area is 155 Å². The van der Waals surface area contributed by atoms with Crippen LogP contribution in [0.25, 0.3) is 10.1 Å². The van der Waals surface area contributed by atoms with Gasteiger partial charge in [0.25, 0.3) is 0 Å². The molecule has 1 aromatic carbocycles. The molecule has 130 valence electrons. The topological polar surface area (TPSA) is 0 Å². The molecule has 3 aromatic rings. The van der Waals surface area contributed by atoms with E-state index < -0.39 is 0 Å². The molecule has 0 unspecified atom stereocenters. The van der Waals surface area contributed by atoms with Crippen LogP contribution in [0.2, 0.25) is 0 Å². The smallest absolute Gasteiger partial charge is 0.0487 e. The standard InChI is InChI=1S/C12H18.C10H12S2/c1-7-8(2)10(4)12(6)11(5)9(7)3;1-5-6(2)12-10-8(4)11-7(3)9(5)10/h1-6H3;1-4H3. The summed E-state index contributed by atoms with van der Waals surface area (Å²) in [6.07, 6.45) is 0. The largest absolute Gasteiger partial charge is 0.144 e. The maximum absolute atomic E-state index is 2.23. The molecule has 24 heavy (non-hydrogen) atoms. The number of aryl methyl sites for hydroxylation is 4. The first-order chi connectivity index (χ1) is 11.1. The summed E-state index contributed by atoms with van der Waals surface area (Å²) in [5.41, 5.74) is 10.2. The minimum absolute atomic E-state index is 1.45. The lowest BCUT2D eigenvalue weighted by atomic mass is 9.90. The van der Waals surface area contributed by atoms with Crippen LogP contribution in [0.15, 0.2) is 0 Å². The van der Waals surface area contributed by atoms with Crippen molar-refractivity contribution in [3.63, 3.8) is 0 Å². The van der Waals surface area contributed by atoms with Gasteiger partial charge in [-0.25, -0.2) is 0 Å². The number of hydrogen-bond acceptors (Lipinski definition) is 2. The van der Waals surface area contributed by atoms with Crippen molar-refractivity contribution in [1.82, 2.24) is 0 Å². The quantitative estimate of drug-likeness (QED) is 0.385. The molecule has 0 aliphatic heterocycles. The SMILES string of the molecule is Cc1c(C)c(C)c(C)c(C)c1C.Cc1sc2c(C)sc(C)c2c1C. The van der Waals surface area contributed by atoms with Gasteiger partial charge < -0.3 is 0 Å². The Balaban J connectivity index is 0.000000174. The summed E-state index contributed by atoms with van der Waals surface area (Å²) in [6.45, 7) is 22.2. The Morgan fingerprint density at radius 2 is 0.750 bits per heavy atom. The predicted molar refractivity (Wildman–Crippen MR) is 114 cm³/mol. The van der Waals surface area contributed by atoms with Crippen molar-refractivity contribution in [2.75, 3.05) is 0 Å². The first-order valence-electron chi connectivity index (χ1n) is 8.57. The summed E-state index contributed by atoms with van der Waals surface area (Å²) in [5, 5.41) is 1.51. The van der Waals surface area contributed by atoms with Gasteiger partial charge in [-0.2, -0.15) is 0 Å². The fourth-order valence-corrected chi connectivity index (χ4v) is 5.75. The average molecular weight is 359 g/mol. The van der Waals surface area contributed by atoms with E-state index >= 15 is 0 Å². The van der Waals surface area contributed by atoms with Crippen molar-refractivity contribution in [3.05, 3.63) is 53.6 Å². The molecular formula is C22H30S2. The third-order valence-corrected chi connectivity index (χ3v) is 8.21. The van der Waals surface area contributed by atoms with Gasteiger partial charge in [0.15, 0.2) is 0 Å². The van der Waals surface area contributed by atoms with E-state index in [4.69, 9.17) is 0 Å². The summed E-state index contributed by atoms with van der Waals surface area (Å²) in [4.78, 5) is 4.42. The van der Waals surface area contributed by atoms with Gasteiger partial charge in [0.05, 0.1) is 0 Å². The van der Waals surface area contributed by atoms with Crippen LogP contribution in [0.1, 0.15) is 53.6 Å². The van der Waals surface area contributed by atoms with Crippen LogP contribution in [-0.2, 0) is 0 Å². The molecule has 0 bridgehead atoms. The number of fused-ring (bicyclic) bond motifs is 1. The highest BCUT2D eigenvalue weighted by molar-refractivity contribution is 7.24. The Bertz CT molecular complexity index is 799. The minimum atomic E-state index is 1.45. The molecular weight excluding hydrogens is 328 g/mol. The van der Waals surface area contributed by atoms with Gasteiger partial charge in [-0.1, -0.05) is 0 Å². The zero-order valence-electron chi connectivity index (χ0n) is 16.8. The number of rotatable bonds is 0. The maximum Gasteiger partial charge on any atom is 0.0487 e. The molecule has 2 heteroatoms. The van der Waals surface area contributed by atoms with Crippen molar-refractivity contribution in [2.24, 2.45) is 0 Å². The highest BCUT2D eigenvalue weighted by Gasteiger charge is 2.11. The molecule has 0 radical (unpaired) electrons. The molecule has 0 aliphatic carbocycles. The average Bonchev–Trinajstić information content (AvgIpc) is 3.00. The van der Waals surface area contributed by atoms with E-state index in [2.05, 4.69) is 69.2 Å². The van der Waals surface area contributed by atoms with Gasteiger partial charge in [-0.05, 0) is 108 Å². The maximum atomic E-state index is 2.23. The third-order valence-electron chi connectivity index (χ3n) is 5.74. The van der Waals surface area contributed by atoms with Crippen molar-refractivity contribution in [1.29, 1.82) is 0 Å². The zero-order chi connectivity index (χ0) is 18.3. The van der Waals surface area contributed by atoms with E-state index in [1.807, 2.05) is 22.7 Å². The Morgan fingerprint density at radius 3 is 1.08 bits per heavy atom. The monoisotopic (exact) mass is 358 g/mol. The molecule has 0 saturated carbocycles. The van der Waals surface area contributed by atoms with Crippen molar-refractivity contribution in [2.45, 2.75) is 69.2 Å². The molecule has 3 rings (SSSR count). The Hall–Kier alpha value is -1.12. The summed E-state index contributed by atoms with van der Waals surface area (Å²) in [7, 11) is 0. The van der Waals surface area contributed by atoms with E-state index in [0.717, 1.165) is 0 Å². The van der Waals surface area contributed by atoms with Crippen molar-refractivity contribution in [3.8, 4) is 0 Å². The fraction of sp³-hybridized carbons (Fsp3) is 0.455. The Kier molecular flexibility index (Phi) is 5.61. The lowest BCUT2D eigenvalue weighted by Crippen LogP contribution is -1.98. The second kappa shape index (κ2) is 7.01.